The Morgan fingerprint density at radius 2 is 1.14 bits per heavy atom. The molecule has 1 aromatic heterocycles. The van der Waals surface area contributed by atoms with Gasteiger partial charge >= 0.3 is 0 Å². The van der Waals surface area contributed by atoms with Crippen LogP contribution in [0, 0.1) is 6.92 Å². The molecular weight excluding hydrogens is 528 g/mol. The van der Waals surface area contributed by atoms with E-state index in [4.69, 9.17) is 0 Å². The van der Waals surface area contributed by atoms with E-state index in [1.165, 1.54) is 10.5 Å². The molecule has 7 aromatic rings. The van der Waals surface area contributed by atoms with E-state index in [0.29, 0.717) is 22.5 Å². The molecule has 204 valence electrons. The van der Waals surface area contributed by atoms with Gasteiger partial charge in [0.05, 0.1) is 33.5 Å². The maximum atomic E-state index is 14.3. The van der Waals surface area contributed by atoms with Gasteiger partial charge in [0.15, 0.2) is 0 Å². The lowest BCUT2D eigenvalue weighted by molar-refractivity contribution is 0.0926. The molecule has 4 heteroatoms. The van der Waals surface area contributed by atoms with Crippen LogP contribution in [0.25, 0.3) is 49.7 Å². The Morgan fingerprint density at radius 1 is 0.488 bits per heavy atom. The lowest BCUT2D eigenvalue weighted by atomic mass is 10.0. The highest BCUT2D eigenvalue weighted by molar-refractivity contribution is 6.36. The molecule has 0 spiro atoms. The molecule has 0 fully saturated rings. The van der Waals surface area contributed by atoms with Crippen LogP contribution in [0.2, 0.25) is 0 Å². The SMILES string of the molecule is Cc1ccc(-c2ccc3c4ccccc4n(-c4cccc5c4C(=O)N(c4cccc(-c6ccccc6)c4)C5=O)c3c2)cc1. The van der Waals surface area contributed by atoms with Gasteiger partial charge in [0.1, 0.15) is 0 Å². The Hall–Kier alpha value is -5.74. The van der Waals surface area contributed by atoms with Crippen molar-refractivity contribution in [3.05, 3.63) is 156 Å². The van der Waals surface area contributed by atoms with Crippen molar-refractivity contribution in [2.75, 3.05) is 4.90 Å². The molecule has 1 aliphatic heterocycles. The van der Waals surface area contributed by atoms with Crippen LogP contribution in [0.4, 0.5) is 5.69 Å². The quantitative estimate of drug-likeness (QED) is 0.204. The molecule has 43 heavy (non-hydrogen) atoms. The first-order valence-corrected chi connectivity index (χ1v) is 14.4. The summed E-state index contributed by atoms with van der Waals surface area (Å²) in [5, 5.41) is 2.18. The summed E-state index contributed by atoms with van der Waals surface area (Å²) in [6.45, 7) is 2.08. The number of para-hydroxylation sites is 1. The Kier molecular flexibility index (Phi) is 5.63. The van der Waals surface area contributed by atoms with Gasteiger partial charge in [0.25, 0.3) is 11.8 Å². The number of amides is 2. The lowest BCUT2D eigenvalue weighted by Crippen LogP contribution is -2.29. The van der Waals surface area contributed by atoms with E-state index in [9.17, 15) is 9.59 Å². The van der Waals surface area contributed by atoms with E-state index in [2.05, 4.69) is 66.1 Å². The molecule has 0 radical (unpaired) electrons. The van der Waals surface area contributed by atoms with Crippen molar-refractivity contribution in [3.63, 3.8) is 0 Å². The third-order valence-corrected chi connectivity index (χ3v) is 8.40. The molecule has 2 amide bonds. The number of hydrogen-bond donors (Lipinski definition) is 0. The van der Waals surface area contributed by atoms with Gasteiger partial charge in [-0.25, -0.2) is 4.90 Å². The number of anilines is 1. The second kappa shape index (κ2) is 9.68. The summed E-state index contributed by atoms with van der Waals surface area (Å²) >= 11 is 0. The summed E-state index contributed by atoms with van der Waals surface area (Å²) in [4.78, 5) is 29.4. The number of carbonyl (C=O) groups is 2. The fourth-order valence-electron chi connectivity index (χ4n) is 6.30. The van der Waals surface area contributed by atoms with Gasteiger partial charge in [-0.1, -0.05) is 109 Å². The van der Waals surface area contributed by atoms with Crippen LogP contribution in [-0.2, 0) is 0 Å². The minimum absolute atomic E-state index is 0.312. The van der Waals surface area contributed by atoms with Crippen molar-refractivity contribution < 1.29 is 9.59 Å². The zero-order valence-corrected chi connectivity index (χ0v) is 23.5. The molecule has 0 saturated carbocycles. The van der Waals surface area contributed by atoms with Crippen molar-refractivity contribution in [2.24, 2.45) is 0 Å². The van der Waals surface area contributed by atoms with Crippen molar-refractivity contribution in [2.45, 2.75) is 6.92 Å². The largest absolute Gasteiger partial charge is 0.308 e. The Morgan fingerprint density at radius 3 is 1.98 bits per heavy atom. The fourth-order valence-corrected chi connectivity index (χ4v) is 6.30. The predicted octanol–water partition coefficient (Wildman–Crippen LogP) is 9.23. The Labute approximate surface area is 249 Å². The second-order valence-electron chi connectivity index (χ2n) is 11.0. The molecule has 0 saturated heterocycles. The van der Waals surface area contributed by atoms with Gasteiger partial charge in [-0.3, -0.25) is 9.59 Å². The Balaban J connectivity index is 1.31. The summed E-state index contributed by atoms with van der Waals surface area (Å²) in [6, 6.07) is 46.4. The third-order valence-electron chi connectivity index (χ3n) is 8.40. The number of rotatable bonds is 4. The van der Waals surface area contributed by atoms with Gasteiger partial charge in [0.2, 0.25) is 0 Å². The highest BCUT2D eigenvalue weighted by atomic mass is 16.2. The van der Waals surface area contributed by atoms with Gasteiger partial charge in [-0.2, -0.15) is 0 Å². The normalized spacial score (nSPS) is 12.8. The fraction of sp³-hybridized carbons (Fsp3) is 0.0256. The number of imide groups is 1. The molecule has 6 aromatic carbocycles. The number of benzene rings is 6. The topological polar surface area (TPSA) is 42.3 Å². The molecule has 0 atom stereocenters. The predicted molar refractivity (Wildman–Crippen MR) is 174 cm³/mol. The van der Waals surface area contributed by atoms with E-state index in [1.807, 2.05) is 78.9 Å². The van der Waals surface area contributed by atoms with E-state index in [-0.39, 0.29) is 11.8 Å². The summed E-state index contributed by atoms with van der Waals surface area (Å²) in [6.07, 6.45) is 0. The molecule has 2 heterocycles. The lowest BCUT2D eigenvalue weighted by Gasteiger charge is -2.16. The van der Waals surface area contributed by atoms with Crippen molar-refractivity contribution in [1.29, 1.82) is 0 Å². The second-order valence-corrected chi connectivity index (χ2v) is 11.0. The van der Waals surface area contributed by atoms with Crippen LogP contribution in [-0.4, -0.2) is 16.4 Å². The van der Waals surface area contributed by atoms with Crippen molar-refractivity contribution in [3.8, 4) is 27.9 Å². The summed E-state index contributed by atoms with van der Waals surface area (Å²) in [5.74, 6) is -0.630. The van der Waals surface area contributed by atoms with E-state index in [0.717, 1.165) is 44.1 Å². The van der Waals surface area contributed by atoms with Crippen LogP contribution in [0.15, 0.2) is 140 Å². The van der Waals surface area contributed by atoms with Gasteiger partial charge in [-0.15, -0.1) is 0 Å². The van der Waals surface area contributed by atoms with Crippen LogP contribution in [0.3, 0.4) is 0 Å². The highest BCUT2D eigenvalue weighted by Crippen LogP contribution is 2.39. The van der Waals surface area contributed by atoms with Crippen LogP contribution < -0.4 is 4.90 Å². The first-order chi connectivity index (χ1) is 21.1. The first-order valence-electron chi connectivity index (χ1n) is 14.4. The highest BCUT2D eigenvalue weighted by Gasteiger charge is 2.39. The average molecular weight is 555 g/mol. The molecule has 0 bridgehead atoms. The summed E-state index contributed by atoms with van der Waals surface area (Å²) in [5.41, 5.74) is 9.44. The Bertz CT molecular complexity index is 2230. The van der Waals surface area contributed by atoms with Gasteiger partial charge in [0, 0.05) is 10.8 Å². The zero-order chi connectivity index (χ0) is 29.1. The molecule has 0 aliphatic carbocycles. The molecule has 8 rings (SSSR count). The number of carbonyl (C=O) groups excluding carboxylic acids is 2. The molecular formula is C39H26N2O2. The number of hydrogen-bond acceptors (Lipinski definition) is 2. The summed E-state index contributed by atoms with van der Waals surface area (Å²) < 4.78 is 2.14. The number of aryl methyl sites for hydroxylation is 1. The number of aromatic nitrogens is 1. The van der Waals surface area contributed by atoms with Gasteiger partial charge < -0.3 is 4.57 Å². The standard InChI is InChI=1S/C39H26N2O2/c1-25-17-19-27(20-18-25)29-21-22-32-31-13-5-6-15-34(31)41(36(32)24-29)35-16-8-14-33-37(35)39(43)40(38(33)42)30-12-7-11-28(23-30)26-9-3-2-4-10-26/h2-24H,1H3. The molecule has 0 N–H and O–H groups in total. The molecule has 1 aliphatic rings. The molecule has 4 nitrogen and oxygen atoms in total. The summed E-state index contributed by atoms with van der Waals surface area (Å²) in [7, 11) is 0. The maximum Gasteiger partial charge on any atom is 0.268 e. The number of fused-ring (bicyclic) bond motifs is 4. The molecule has 0 unspecified atom stereocenters. The minimum Gasteiger partial charge on any atom is -0.308 e. The first kappa shape index (κ1) is 25.0. The zero-order valence-electron chi connectivity index (χ0n) is 23.5. The van der Waals surface area contributed by atoms with Crippen molar-refractivity contribution >= 4 is 39.3 Å². The smallest absolute Gasteiger partial charge is 0.268 e. The maximum absolute atomic E-state index is 14.3. The number of nitrogens with zero attached hydrogens (tertiary/aromatic N) is 2. The van der Waals surface area contributed by atoms with Crippen LogP contribution in [0.1, 0.15) is 26.3 Å². The third kappa shape index (κ3) is 3.92. The van der Waals surface area contributed by atoms with Crippen LogP contribution in [0.5, 0.6) is 0 Å². The van der Waals surface area contributed by atoms with Crippen LogP contribution >= 0.6 is 0 Å². The minimum atomic E-state index is -0.318. The van der Waals surface area contributed by atoms with E-state index in [1.54, 1.807) is 6.07 Å². The van der Waals surface area contributed by atoms with E-state index < -0.39 is 0 Å². The monoisotopic (exact) mass is 554 g/mol. The van der Waals surface area contributed by atoms with Crippen molar-refractivity contribution in [1.82, 2.24) is 4.57 Å². The average Bonchev–Trinajstić information content (AvgIpc) is 3.52. The van der Waals surface area contributed by atoms with E-state index >= 15 is 0 Å². The van der Waals surface area contributed by atoms with Gasteiger partial charge in [-0.05, 0) is 65.6 Å².